The Morgan fingerprint density at radius 1 is 1.12 bits per heavy atom. The van der Waals surface area contributed by atoms with E-state index in [-0.39, 0.29) is 10.5 Å². The van der Waals surface area contributed by atoms with Crippen molar-refractivity contribution in [3.8, 4) is 0 Å². The predicted octanol–water partition coefficient (Wildman–Crippen LogP) is 3.14. The SMILES string of the molecule is Cc1nc([N+](C)(C)C(=O)NCCN(C(C)C)C(C)C)nc(C)c1Cl. The van der Waals surface area contributed by atoms with Crippen molar-refractivity contribution in [3.63, 3.8) is 0 Å². The van der Waals surface area contributed by atoms with Crippen molar-refractivity contribution in [2.24, 2.45) is 0 Å². The van der Waals surface area contributed by atoms with E-state index < -0.39 is 0 Å². The normalized spacial score (nSPS) is 12.3. The molecular formula is C17H31ClN5O+. The van der Waals surface area contributed by atoms with Crippen LogP contribution in [-0.4, -0.2) is 60.2 Å². The third-order valence-corrected chi connectivity index (χ3v) is 4.70. The number of hydrogen-bond donors (Lipinski definition) is 1. The van der Waals surface area contributed by atoms with Crippen molar-refractivity contribution in [1.29, 1.82) is 0 Å². The van der Waals surface area contributed by atoms with Gasteiger partial charge in [0.15, 0.2) is 0 Å². The summed E-state index contributed by atoms with van der Waals surface area (Å²) in [5, 5.41) is 3.54. The Kier molecular flexibility index (Phi) is 7.13. The van der Waals surface area contributed by atoms with Gasteiger partial charge in [-0.3, -0.25) is 4.90 Å². The van der Waals surface area contributed by atoms with E-state index in [2.05, 4.69) is 47.9 Å². The van der Waals surface area contributed by atoms with Crippen LogP contribution in [0.25, 0.3) is 0 Å². The van der Waals surface area contributed by atoms with E-state index in [1.165, 1.54) is 0 Å². The van der Waals surface area contributed by atoms with Gasteiger partial charge in [0.05, 0.1) is 30.5 Å². The highest BCUT2D eigenvalue weighted by Gasteiger charge is 2.33. The van der Waals surface area contributed by atoms with Gasteiger partial charge in [-0.15, -0.1) is 0 Å². The van der Waals surface area contributed by atoms with E-state index in [0.717, 1.165) is 6.54 Å². The van der Waals surface area contributed by atoms with Crippen molar-refractivity contribution < 1.29 is 4.79 Å². The van der Waals surface area contributed by atoms with Crippen LogP contribution in [0.5, 0.6) is 0 Å². The Hall–Kier alpha value is -1.24. The standard InChI is InChI=1S/C17H30ClN5O/c1-11(2)22(12(3)4)10-9-19-17(24)23(7,8)16-20-13(5)15(18)14(6)21-16/h11-12H,9-10H2,1-8H3/p+1. The number of urea groups is 1. The summed E-state index contributed by atoms with van der Waals surface area (Å²) < 4.78 is -0.0673. The lowest BCUT2D eigenvalue weighted by Gasteiger charge is -2.31. The molecule has 1 heterocycles. The molecule has 7 heteroatoms. The highest BCUT2D eigenvalue weighted by Crippen LogP contribution is 2.22. The summed E-state index contributed by atoms with van der Waals surface area (Å²) in [4.78, 5) is 23.7. The predicted molar refractivity (Wildman–Crippen MR) is 101 cm³/mol. The molecule has 136 valence electrons. The van der Waals surface area contributed by atoms with E-state index in [0.29, 0.717) is 41.0 Å². The molecule has 0 unspecified atom stereocenters. The van der Waals surface area contributed by atoms with Crippen LogP contribution in [0.15, 0.2) is 0 Å². The number of nitrogens with zero attached hydrogens (tertiary/aromatic N) is 4. The van der Waals surface area contributed by atoms with Crippen LogP contribution in [0.1, 0.15) is 39.1 Å². The largest absolute Gasteiger partial charge is 0.423 e. The smallest absolute Gasteiger partial charge is 0.304 e. The first-order valence-electron chi connectivity index (χ1n) is 8.37. The van der Waals surface area contributed by atoms with Gasteiger partial charge in [0.1, 0.15) is 0 Å². The molecule has 0 saturated carbocycles. The minimum absolute atomic E-state index is 0.0673. The number of nitrogens with one attached hydrogen (secondary N) is 1. The molecule has 1 N–H and O–H groups in total. The van der Waals surface area contributed by atoms with Crippen molar-refractivity contribution in [2.45, 2.75) is 53.6 Å². The van der Waals surface area contributed by atoms with Crippen LogP contribution in [0.3, 0.4) is 0 Å². The monoisotopic (exact) mass is 356 g/mol. The third kappa shape index (κ3) is 4.88. The van der Waals surface area contributed by atoms with E-state index in [4.69, 9.17) is 11.6 Å². The zero-order chi connectivity index (χ0) is 18.7. The molecule has 1 aromatic heterocycles. The summed E-state index contributed by atoms with van der Waals surface area (Å²) in [5.41, 5.74) is 1.37. The summed E-state index contributed by atoms with van der Waals surface area (Å²) >= 11 is 6.12. The number of carbonyl (C=O) groups excluding carboxylic acids is 1. The summed E-state index contributed by atoms with van der Waals surface area (Å²) in [6, 6.07) is 0.743. The summed E-state index contributed by atoms with van der Waals surface area (Å²) in [6.45, 7) is 13.7. The highest BCUT2D eigenvalue weighted by atomic mass is 35.5. The second-order valence-electron chi connectivity index (χ2n) is 7.12. The molecule has 0 saturated heterocycles. The quantitative estimate of drug-likeness (QED) is 0.795. The third-order valence-electron chi connectivity index (χ3n) is 4.15. The number of amides is 2. The number of carbonyl (C=O) groups is 1. The van der Waals surface area contributed by atoms with E-state index >= 15 is 0 Å². The average Bonchev–Trinajstić information content (AvgIpc) is 2.47. The van der Waals surface area contributed by atoms with Crippen LogP contribution < -0.4 is 9.80 Å². The van der Waals surface area contributed by atoms with Gasteiger partial charge in [0.25, 0.3) is 0 Å². The van der Waals surface area contributed by atoms with Gasteiger partial charge < -0.3 is 5.32 Å². The van der Waals surface area contributed by atoms with Crippen LogP contribution in [0.2, 0.25) is 5.02 Å². The fourth-order valence-corrected chi connectivity index (χ4v) is 2.71. The molecule has 0 atom stereocenters. The van der Waals surface area contributed by atoms with Crippen molar-refractivity contribution >= 4 is 23.6 Å². The zero-order valence-electron chi connectivity index (χ0n) is 16.1. The fraction of sp³-hybridized carbons (Fsp3) is 0.706. The van der Waals surface area contributed by atoms with Gasteiger partial charge in [-0.1, -0.05) is 11.6 Å². The van der Waals surface area contributed by atoms with Crippen LogP contribution in [0.4, 0.5) is 10.7 Å². The maximum Gasteiger partial charge on any atom is 0.423 e. The lowest BCUT2D eigenvalue weighted by atomic mass is 10.2. The second-order valence-corrected chi connectivity index (χ2v) is 7.50. The molecule has 0 bridgehead atoms. The molecule has 0 radical (unpaired) electrons. The van der Waals surface area contributed by atoms with Crippen molar-refractivity contribution in [1.82, 2.24) is 24.7 Å². The second kappa shape index (κ2) is 8.23. The van der Waals surface area contributed by atoms with Crippen LogP contribution in [-0.2, 0) is 0 Å². The van der Waals surface area contributed by atoms with E-state index in [9.17, 15) is 4.79 Å². The first-order chi connectivity index (χ1) is 11.0. The lowest BCUT2D eigenvalue weighted by molar-refractivity contribution is 0.172. The van der Waals surface area contributed by atoms with Crippen molar-refractivity contribution in [3.05, 3.63) is 16.4 Å². The number of rotatable bonds is 6. The van der Waals surface area contributed by atoms with Gasteiger partial charge in [-0.05, 0) is 41.5 Å². The van der Waals surface area contributed by atoms with Crippen LogP contribution >= 0.6 is 11.6 Å². The van der Waals surface area contributed by atoms with Crippen molar-refractivity contribution in [2.75, 3.05) is 27.2 Å². The van der Waals surface area contributed by atoms with Gasteiger partial charge in [0, 0.05) is 25.2 Å². The molecule has 0 spiro atoms. The Bertz CT molecular complexity index is 555. The Balaban J connectivity index is 2.79. The molecule has 6 nitrogen and oxygen atoms in total. The van der Waals surface area contributed by atoms with E-state index in [1.54, 1.807) is 14.1 Å². The molecule has 0 aromatic carbocycles. The number of quaternary nitrogens is 1. The molecule has 2 amide bonds. The lowest BCUT2D eigenvalue weighted by Crippen LogP contribution is -2.55. The van der Waals surface area contributed by atoms with Gasteiger partial charge in [-0.2, -0.15) is 14.5 Å². The fourth-order valence-electron chi connectivity index (χ4n) is 2.63. The Morgan fingerprint density at radius 3 is 2.00 bits per heavy atom. The number of aromatic nitrogens is 2. The maximum absolute atomic E-state index is 12.6. The van der Waals surface area contributed by atoms with Crippen LogP contribution in [0, 0.1) is 13.8 Å². The van der Waals surface area contributed by atoms with Gasteiger partial charge >= 0.3 is 12.0 Å². The summed E-state index contributed by atoms with van der Waals surface area (Å²) in [5.74, 6) is 0.441. The minimum atomic E-state index is -0.136. The topological polar surface area (TPSA) is 58.1 Å². The first kappa shape index (κ1) is 20.8. The molecule has 0 aliphatic heterocycles. The average molecular weight is 357 g/mol. The minimum Gasteiger partial charge on any atom is -0.304 e. The Morgan fingerprint density at radius 2 is 1.58 bits per heavy atom. The molecule has 1 aromatic rings. The maximum atomic E-state index is 12.6. The molecule has 0 aliphatic rings. The molecule has 0 aliphatic carbocycles. The summed E-state index contributed by atoms with van der Waals surface area (Å²) in [6.07, 6.45) is 0. The zero-order valence-corrected chi connectivity index (χ0v) is 16.9. The number of halogens is 1. The number of hydrogen-bond acceptors (Lipinski definition) is 4. The molecule has 0 fully saturated rings. The molecule has 24 heavy (non-hydrogen) atoms. The Labute approximate surface area is 150 Å². The van der Waals surface area contributed by atoms with Gasteiger partial charge in [0.2, 0.25) is 0 Å². The summed E-state index contributed by atoms with van der Waals surface area (Å²) in [7, 11) is 3.56. The molecule has 1 rings (SSSR count). The molecular weight excluding hydrogens is 326 g/mol. The van der Waals surface area contributed by atoms with Gasteiger partial charge in [-0.25, -0.2) is 4.79 Å². The first-order valence-corrected chi connectivity index (χ1v) is 8.75. The highest BCUT2D eigenvalue weighted by molar-refractivity contribution is 6.31. The number of aryl methyl sites for hydroxylation is 2. The van der Waals surface area contributed by atoms with E-state index in [1.807, 2.05) is 13.8 Å².